The Morgan fingerprint density at radius 1 is 1.30 bits per heavy atom. The highest BCUT2D eigenvalue weighted by molar-refractivity contribution is 9.11. The van der Waals surface area contributed by atoms with E-state index in [0.717, 1.165) is 24.4 Å². The predicted octanol–water partition coefficient (Wildman–Crippen LogP) is 4.53. The number of hydrogen-bond donors (Lipinski definition) is 2. The molecule has 20 heavy (non-hydrogen) atoms. The van der Waals surface area contributed by atoms with Crippen LogP contribution < -0.4 is 15.8 Å². The van der Waals surface area contributed by atoms with E-state index in [1.54, 1.807) is 11.3 Å². The molecular weight excluding hydrogens is 336 g/mol. The first-order chi connectivity index (χ1) is 9.52. The zero-order chi connectivity index (χ0) is 14.5. The smallest absolute Gasteiger partial charge is 0.123 e. The average Bonchev–Trinajstić information content (AvgIpc) is 2.73. The second kappa shape index (κ2) is 6.99. The first-order valence-corrected chi connectivity index (χ1v) is 8.19. The second-order valence-corrected chi connectivity index (χ2v) is 7.39. The van der Waals surface area contributed by atoms with Crippen molar-refractivity contribution in [2.75, 3.05) is 17.6 Å². The van der Waals surface area contributed by atoms with Gasteiger partial charge >= 0.3 is 0 Å². The molecule has 0 saturated carbocycles. The maximum Gasteiger partial charge on any atom is 0.123 e. The molecule has 0 unspecified atom stereocenters. The quantitative estimate of drug-likeness (QED) is 0.748. The summed E-state index contributed by atoms with van der Waals surface area (Å²) in [6.07, 6.45) is 1.14. The number of thiophene rings is 1. The van der Waals surface area contributed by atoms with Gasteiger partial charge in [0.15, 0.2) is 0 Å². The minimum absolute atomic E-state index is 0.146. The molecule has 0 amide bonds. The first kappa shape index (κ1) is 15.2. The van der Waals surface area contributed by atoms with Gasteiger partial charge in [-0.05, 0) is 54.4 Å². The highest BCUT2D eigenvalue weighted by Crippen LogP contribution is 2.25. The van der Waals surface area contributed by atoms with E-state index in [1.807, 2.05) is 32.0 Å². The van der Waals surface area contributed by atoms with E-state index < -0.39 is 0 Å². The van der Waals surface area contributed by atoms with Gasteiger partial charge in [0.1, 0.15) is 5.75 Å². The van der Waals surface area contributed by atoms with Crippen LogP contribution in [-0.2, 0) is 6.42 Å². The lowest BCUT2D eigenvalue weighted by Crippen LogP contribution is -2.08. The van der Waals surface area contributed by atoms with Crippen LogP contribution in [0.4, 0.5) is 11.4 Å². The Hall–Kier alpha value is -1.20. The van der Waals surface area contributed by atoms with Crippen molar-refractivity contribution >= 4 is 38.6 Å². The molecule has 0 atom stereocenters. The van der Waals surface area contributed by atoms with Crippen molar-refractivity contribution in [3.8, 4) is 5.75 Å². The summed E-state index contributed by atoms with van der Waals surface area (Å²) < 4.78 is 6.85. The number of hydrogen-bond acceptors (Lipinski definition) is 4. The Morgan fingerprint density at radius 2 is 2.10 bits per heavy atom. The van der Waals surface area contributed by atoms with Gasteiger partial charge in [-0.2, -0.15) is 0 Å². The van der Waals surface area contributed by atoms with Crippen molar-refractivity contribution in [2.45, 2.75) is 26.4 Å². The van der Waals surface area contributed by atoms with Crippen LogP contribution in [-0.4, -0.2) is 12.6 Å². The van der Waals surface area contributed by atoms with E-state index in [0.29, 0.717) is 5.69 Å². The normalized spacial score (nSPS) is 10.8. The Morgan fingerprint density at radius 3 is 2.75 bits per heavy atom. The molecule has 3 N–H and O–H groups in total. The molecule has 1 aromatic carbocycles. The molecule has 3 nitrogen and oxygen atoms in total. The van der Waals surface area contributed by atoms with Gasteiger partial charge < -0.3 is 15.8 Å². The molecule has 1 heterocycles. The predicted molar refractivity (Wildman–Crippen MR) is 90.8 cm³/mol. The third-order valence-electron chi connectivity index (χ3n) is 2.63. The van der Waals surface area contributed by atoms with Crippen LogP contribution in [0.3, 0.4) is 0 Å². The molecule has 0 radical (unpaired) electrons. The van der Waals surface area contributed by atoms with Crippen molar-refractivity contribution in [1.29, 1.82) is 0 Å². The topological polar surface area (TPSA) is 47.3 Å². The maximum absolute atomic E-state index is 5.90. The molecular formula is C15H19BrN2OS. The summed E-state index contributed by atoms with van der Waals surface area (Å²) in [5, 5.41) is 3.39. The molecule has 2 aromatic rings. The zero-order valence-corrected chi connectivity index (χ0v) is 14.1. The third kappa shape index (κ3) is 4.72. The van der Waals surface area contributed by atoms with Crippen LogP contribution in [0.1, 0.15) is 18.7 Å². The minimum Gasteiger partial charge on any atom is -0.491 e. The van der Waals surface area contributed by atoms with Crippen LogP contribution in [0.5, 0.6) is 5.75 Å². The van der Waals surface area contributed by atoms with Gasteiger partial charge in [-0.25, -0.2) is 0 Å². The summed E-state index contributed by atoms with van der Waals surface area (Å²) in [6.45, 7) is 4.88. The van der Waals surface area contributed by atoms with E-state index in [9.17, 15) is 0 Å². The monoisotopic (exact) mass is 354 g/mol. The molecule has 5 heteroatoms. The molecule has 108 valence electrons. The van der Waals surface area contributed by atoms with Crippen molar-refractivity contribution in [3.63, 3.8) is 0 Å². The van der Waals surface area contributed by atoms with Gasteiger partial charge in [-0.1, -0.05) is 0 Å². The van der Waals surface area contributed by atoms with E-state index in [-0.39, 0.29) is 6.10 Å². The number of anilines is 2. The molecule has 0 aliphatic heterocycles. The summed E-state index contributed by atoms with van der Waals surface area (Å²) in [5.74, 6) is 0.807. The summed E-state index contributed by atoms with van der Waals surface area (Å²) in [5.41, 5.74) is 7.61. The van der Waals surface area contributed by atoms with Gasteiger partial charge in [-0.15, -0.1) is 11.3 Å². The van der Waals surface area contributed by atoms with Crippen LogP contribution in [0.15, 0.2) is 34.1 Å². The number of ether oxygens (including phenoxy) is 1. The minimum atomic E-state index is 0.146. The zero-order valence-electron chi connectivity index (χ0n) is 11.7. The highest BCUT2D eigenvalue weighted by Gasteiger charge is 2.03. The van der Waals surface area contributed by atoms with E-state index in [2.05, 4.69) is 33.4 Å². The lowest BCUT2D eigenvalue weighted by Gasteiger charge is -2.13. The Kier molecular flexibility index (Phi) is 5.31. The first-order valence-electron chi connectivity index (χ1n) is 6.58. The lowest BCUT2D eigenvalue weighted by atomic mass is 10.2. The van der Waals surface area contributed by atoms with Gasteiger partial charge in [0, 0.05) is 34.9 Å². The van der Waals surface area contributed by atoms with Crippen LogP contribution in [0.25, 0.3) is 0 Å². The summed E-state index contributed by atoms with van der Waals surface area (Å²) in [7, 11) is 0. The van der Waals surface area contributed by atoms with Crippen LogP contribution in [0, 0.1) is 0 Å². The summed E-state index contributed by atoms with van der Waals surface area (Å²) in [4.78, 5) is 1.35. The molecule has 0 spiro atoms. The molecule has 2 rings (SSSR count). The number of benzene rings is 1. The molecule has 0 aliphatic rings. The fourth-order valence-corrected chi connectivity index (χ4v) is 3.36. The largest absolute Gasteiger partial charge is 0.491 e. The van der Waals surface area contributed by atoms with Crippen LogP contribution in [0.2, 0.25) is 0 Å². The van der Waals surface area contributed by atoms with E-state index >= 15 is 0 Å². The molecule has 1 aromatic heterocycles. The number of rotatable bonds is 6. The molecule has 0 bridgehead atoms. The van der Waals surface area contributed by atoms with Crippen LogP contribution >= 0.6 is 27.3 Å². The molecule has 0 aliphatic carbocycles. The maximum atomic E-state index is 5.90. The SMILES string of the molecule is CC(C)Oc1cc(N)cc(NCCc2ccc(Br)s2)c1. The summed E-state index contributed by atoms with van der Waals surface area (Å²) >= 11 is 5.24. The Labute approximate surface area is 132 Å². The Bertz CT molecular complexity index is 569. The fraction of sp³-hybridized carbons (Fsp3) is 0.333. The van der Waals surface area contributed by atoms with Crippen molar-refractivity contribution in [3.05, 3.63) is 39.0 Å². The Balaban J connectivity index is 1.93. The number of nitrogen functional groups attached to an aromatic ring is 1. The number of nitrogens with two attached hydrogens (primary N) is 1. The average molecular weight is 355 g/mol. The molecule has 0 fully saturated rings. The summed E-state index contributed by atoms with van der Waals surface area (Å²) in [6, 6.07) is 9.98. The molecule has 0 saturated heterocycles. The van der Waals surface area contributed by atoms with Crippen molar-refractivity contribution < 1.29 is 4.74 Å². The fourth-order valence-electron chi connectivity index (χ4n) is 1.88. The van der Waals surface area contributed by atoms with Gasteiger partial charge in [-0.3, -0.25) is 0 Å². The second-order valence-electron chi connectivity index (χ2n) is 4.84. The highest BCUT2D eigenvalue weighted by atomic mass is 79.9. The lowest BCUT2D eigenvalue weighted by molar-refractivity contribution is 0.242. The van der Waals surface area contributed by atoms with E-state index in [1.165, 1.54) is 8.66 Å². The van der Waals surface area contributed by atoms with Gasteiger partial charge in [0.05, 0.1) is 9.89 Å². The van der Waals surface area contributed by atoms with E-state index in [4.69, 9.17) is 10.5 Å². The van der Waals surface area contributed by atoms with Gasteiger partial charge in [0.2, 0.25) is 0 Å². The van der Waals surface area contributed by atoms with Crippen molar-refractivity contribution in [2.24, 2.45) is 0 Å². The number of nitrogens with one attached hydrogen (secondary N) is 1. The third-order valence-corrected chi connectivity index (χ3v) is 4.31. The standard InChI is InChI=1S/C15H19BrN2OS/c1-10(2)19-13-8-11(17)7-12(9-13)18-6-5-14-3-4-15(16)20-14/h3-4,7-10,18H,5-6,17H2,1-2H3. The number of halogens is 1. The van der Waals surface area contributed by atoms with Gasteiger partial charge in [0.25, 0.3) is 0 Å². The van der Waals surface area contributed by atoms with Crippen molar-refractivity contribution in [1.82, 2.24) is 0 Å².